The number of rotatable bonds is 5. The number of halogens is 3. The van der Waals surface area contributed by atoms with Crippen molar-refractivity contribution in [1.29, 1.82) is 0 Å². The molecule has 0 fully saturated rings. The molecule has 0 bridgehead atoms. The topological polar surface area (TPSA) is 35.0 Å². The molecule has 1 aromatic heterocycles. The van der Waals surface area contributed by atoms with Gasteiger partial charge in [-0.1, -0.05) is 41.9 Å². The lowest BCUT2D eigenvalue weighted by Crippen LogP contribution is -2.03. The molecule has 0 aliphatic rings. The molecule has 0 radical (unpaired) electrons. The normalized spacial score (nSPS) is 10.8. The Morgan fingerprint density at radius 1 is 1.08 bits per heavy atom. The maximum absolute atomic E-state index is 12.4. The second kappa shape index (κ2) is 7.36. The summed E-state index contributed by atoms with van der Waals surface area (Å²) in [6.07, 6.45) is 5.46. The molecule has 0 aliphatic heterocycles. The molecule has 6 heteroatoms. The molecule has 0 unspecified atom stereocenters. The van der Waals surface area contributed by atoms with Gasteiger partial charge in [0, 0.05) is 18.0 Å². The Hall–Kier alpha value is -2.53. The van der Waals surface area contributed by atoms with Crippen LogP contribution in [0.5, 0.6) is 5.75 Å². The van der Waals surface area contributed by atoms with Crippen LogP contribution in [0.4, 0.5) is 8.78 Å². The number of ether oxygens (including phenoxy) is 1. The second-order valence-electron chi connectivity index (χ2n) is 5.07. The summed E-state index contributed by atoms with van der Waals surface area (Å²) in [4.78, 5) is 8.40. The first-order chi connectivity index (χ1) is 11.6. The first-order valence-corrected chi connectivity index (χ1v) is 7.59. The van der Waals surface area contributed by atoms with Crippen molar-refractivity contribution in [2.75, 3.05) is 0 Å². The zero-order chi connectivity index (χ0) is 16.9. The molecule has 0 saturated heterocycles. The van der Waals surface area contributed by atoms with E-state index in [9.17, 15) is 8.78 Å². The molecule has 0 aliphatic carbocycles. The molecule has 3 aromatic rings. The van der Waals surface area contributed by atoms with Gasteiger partial charge in [0.1, 0.15) is 5.75 Å². The molecule has 2 aromatic carbocycles. The largest absolute Gasteiger partial charge is 0.433 e. The Morgan fingerprint density at radius 3 is 2.67 bits per heavy atom. The predicted octanol–water partition coefficient (Wildman–Crippen LogP) is 4.99. The molecule has 0 spiro atoms. The Bertz CT molecular complexity index is 828. The standard InChI is InChI=1S/C18H13ClF2N2O/c19-15-6-5-12(10-17(15)24-18(20)21)9-13-3-1-2-4-14(13)16-11-22-7-8-23-16/h1-8,10-11,18H,9H2. The molecule has 0 saturated carbocycles. The Balaban J connectivity index is 1.92. The number of hydrogen-bond acceptors (Lipinski definition) is 3. The minimum absolute atomic E-state index is 0.0267. The highest BCUT2D eigenvalue weighted by molar-refractivity contribution is 6.32. The van der Waals surface area contributed by atoms with Crippen LogP contribution < -0.4 is 4.74 Å². The first-order valence-electron chi connectivity index (χ1n) is 7.21. The summed E-state index contributed by atoms with van der Waals surface area (Å²) in [5.41, 5.74) is 3.51. The van der Waals surface area contributed by atoms with E-state index in [1.54, 1.807) is 30.7 Å². The van der Waals surface area contributed by atoms with Gasteiger partial charge in [-0.3, -0.25) is 9.97 Å². The number of benzene rings is 2. The molecule has 24 heavy (non-hydrogen) atoms. The van der Waals surface area contributed by atoms with E-state index in [4.69, 9.17) is 11.6 Å². The molecular formula is C18H13ClF2N2O. The quantitative estimate of drug-likeness (QED) is 0.653. The van der Waals surface area contributed by atoms with E-state index in [1.165, 1.54) is 6.07 Å². The van der Waals surface area contributed by atoms with E-state index >= 15 is 0 Å². The van der Waals surface area contributed by atoms with Crippen LogP contribution in [-0.4, -0.2) is 16.6 Å². The Kier molecular flexibility index (Phi) is 5.01. The number of aromatic nitrogens is 2. The van der Waals surface area contributed by atoms with Crippen LogP contribution in [0.1, 0.15) is 11.1 Å². The summed E-state index contributed by atoms with van der Waals surface area (Å²) in [6, 6.07) is 12.6. The van der Waals surface area contributed by atoms with Crippen LogP contribution >= 0.6 is 11.6 Å². The number of alkyl halides is 2. The van der Waals surface area contributed by atoms with Crippen molar-refractivity contribution in [3.8, 4) is 17.0 Å². The third kappa shape index (κ3) is 3.86. The van der Waals surface area contributed by atoms with Crippen LogP contribution in [0.2, 0.25) is 5.02 Å². The van der Waals surface area contributed by atoms with Crippen LogP contribution in [0.25, 0.3) is 11.3 Å². The summed E-state index contributed by atoms with van der Waals surface area (Å²) < 4.78 is 29.3. The lowest BCUT2D eigenvalue weighted by atomic mass is 9.98. The molecule has 1 heterocycles. The fraction of sp³-hybridized carbons (Fsp3) is 0.111. The summed E-state index contributed by atoms with van der Waals surface area (Å²) in [5, 5.41) is 0.154. The van der Waals surface area contributed by atoms with Crippen molar-refractivity contribution in [3.63, 3.8) is 0 Å². The van der Waals surface area contributed by atoms with E-state index in [2.05, 4.69) is 14.7 Å². The van der Waals surface area contributed by atoms with Crippen LogP contribution in [0.15, 0.2) is 61.1 Å². The van der Waals surface area contributed by atoms with E-state index in [1.807, 2.05) is 24.3 Å². The molecule has 0 N–H and O–H groups in total. The molecular weight excluding hydrogens is 334 g/mol. The van der Waals surface area contributed by atoms with Crippen LogP contribution in [-0.2, 0) is 6.42 Å². The summed E-state index contributed by atoms with van der Waals surface area (Å²) in [6.45, 7) is -2.91. The highest BCUT2D eigenvalue weighted by Gasteiger charge is 2.11. The highest BCUT2D eigenvalue weighted by Crippen LogP contribution is 2.29. The van der Waals surface area contributed by atoms with Gasteiger partial charge in [0.15, 0.2) is 0 Å². The maximum atomic E-state index is 12.4. The van der Waals surface area contributed by atoms with E-state index in [-0.39, 0.29) is 10.8 Å². The van der Waals surface area contributed by atoms with Crippen molar-refractivity contribution in [1.82, 2.24) is 9.97 Å². The van der Waals surface area contributed by atoms with Crippen LogP contribution in [0.3, 0.4) is 0 Å². The highest BCUT2D eigenvalue weighted by atomic mass is 35.5. The van der Waals surface area contributed by atoms with Crippen molar-refractivity contribution in [3.05, 3.63) is 77.2 Å². The number of hydrogen-bond donors (Lipinski definition) is 0. The van der Waals surface area contributed by atoms with E-state index in [0.29, 0.717) is 6.42 Å². The van der Waals surface area contributed by atoms with Gasteiger partial charge in [0.05, 0.1) is 16.9 Å². The van der Waals surface area contributed by atoms with Crippen molar-refractivity contribution < 1.29 is 13.5 Å². The van der Waals surface area contributed by atoms with Gasteiger partial charge in [-0.15, -0.1) is 0 Å². The van der Waals surface area contributed by atoms with Gasteiger partial charge >= 0.3 is 6.61 Å². The summed E-state index contributed by atoms with van der Waals surface area (Å²) in [7, 11) is 0. The predicted molar refractivity (Wildman–Crippen MR) is 88.4 cm³/mol. The van der Waals surface area contributed by atoms with Gasteiger partial charge < -0.3 is 4.74 Å². The minimum Gasteiger partial charge on any atom is -0.433 e. The number of nitrogens with zero attached hydrogens (tertiary/aromatic N) is 2. The molecule has 0 atom stereocenters. The molecule has 122 valence electrons. The van der Waals surface area contributed by atoms with Crippen molar-refractivity contribution in [2.24, 2.45) is 0 Å². The van der Waals surface area contributed by atoms with E-state index in [0.717, 1.165) is 22.4 Å². The summed E-state index contributed by atoms with van der Waals surface area (Å²) >= 11 is 5.89. The van der Waals surface area contributed by atoms with E-state index < -0.39 is 6.61 Å². The first kappa shape index (κ1) is 16.3. The smallest absolute Gasteiger partial charge is 0.387 e. The zero-order valence-electron chi connectivity index (χ0n) is 12.5. The average Bonchev–Trinajstić information content (AvgIpc) is 2.59. The van der Waals surface area contributed by atoms with Gasteiger partial charge in [0.25, 0.3) is 0 Å². The third-order valence-corrected chi connectivity index (χ3v) is 3.77. The molecule has 0 amide bonds. The fourth-order valence-electron chi connectivity index (χ4n) is 2.43. The lowest BCUT2D eigenvalue weighted by Gasteiger charge is -2.11. The summed E-state index contributed by atoms with van der Waals surface area (Å²) in [5.74, 6) is -0.0267. The monoisotopic (exact) mass is 346 g/mol. The lowest BCUT2D eigenvalue weighted by molar-refractivity contribution is -0.0498. The van der Waals surface area contributed by atoms with Gasteiger partial charge in [-0.05, 0) is 29.7 Å². The van der Waals surface area contributed by atoms with Crippen molar-refractivity contribution in [2.45, 2.75) is 13.0 Å². The van der Waals surface area contributed by atoms with Gasteiger partial charge in [0.2, 0.25) is 0 Å². The molecule has 3 rings (SSSR count). The minimum atomic E-state index is -2.91. The fourth-order valence-corrected chi connectivity index (χ4v) is 2.59. The maximum Gasteiger partial charge on any atom is 0.387 e. The SMILES string of the molecule is FC(F)Oc1cc(Cc2ccccc2-c2cnccn2)ccc1Cl. The second-order valence-corrected chi connectivity index (χ2v) is 5.48. The third-order valence-electron chi connectivity index (χ3n) is 3.46. The van der Waals surface area contributed by atoms with Gasteiger partial charge in [-0.25, -0.2) is 0 Å². The van der Waals surface area contributed by atoms with Gasteiger partial charge in [-0.2, -0.15) is 8.78 Å². The Labute approximate surface area is 142 Å². The van der Waals surface area contributed by atoms with Crippen molar-refractivity contribution >= 4 is 11.6 Å². The zero-order valence-corrected chi connectivity index (χ0v) is 13.3. The average molecular weight is 347 g/mol. The Morgan fingerprint density at radius 2 is 1.92 bits per heavy atom. The van der Waals surface area contributed by atoms with Crippen LogP contribution in [0, 0.1) is 0 Å². The molecule has 3 nitrogen and oxygen atoms in total.